The largest absolute Gasteiger partial charge is 0.371 e. The van der Waals surface area contributed by atoms with Gasteiger partial charge in [-0.2, -0.15) is 4.39 Å². The summed E-state index contributed by atoms with van der Waals surface area (Å²) in [6.07, 6.45) is 1.35. The van der Waals surface area contributed by atoms with Gasteiger partial charge in [-0.15, -0.1) is 0 Å². The molecule has 0 N–H and O–H groups in total. The first kappa shape index (κ1) is 13.9. The number of likely N-dealkylation sites (tertiary alicyclic amines) is 1. The van der Waals surface area contributed by atoms with E-state index in [1.807, 2.05) is 0 Å². The van der Waals surface area contributed by atoms with Gasteiger partial charge in [-0.05, 0) is 18.9 Å². The lowest BCUT2D eigenvalue weighted by atomic mass is 10.1. The van der Waals surface area contributed by atoms with E-state index < -0.39 is 33.7 Å². The van der Waals surface area contributed by atoms with E-state index in [-0.39, 0.29) is 25.3 Å². The van der Waals surface area contributed by atoms with Gasteiger partial charge in [-0.1, -0.05) is 0 Å². The van der Waals surface area contributed by atoms with Crippen LogP contribution in [0.25, 0.3) is 0 Å². The molecule has 21 heavy (non-hydrogen) atoms. The van der Waals surface area contributed by atoms with Crippen LogP contribution in [0.5, 0.6) is 0 Å². The first-order chi connectivity index (χ1) is 9.97. The fourth-order valence-corrected chi connectivity index (χ4v) is 2.82. The number of ether oxygens (including phenoxy) is 1. The van der Waals surface area contributed by atoms with Gasteiger partial charge in [0.15, 0.2) is 0 Å². The van der Waals surface area contributed by atoms with Crippen LogP contribution < -0.4 is 0 Å². The van der Waals surface area contributed by atoms with Gasteiger partial charge >= 0.3 is 5.69 Å². The molecule has 1 aromatic rings. The fourth-order valence-electron chi connectivity index (χ4n) is 2.82. The van der Waals surface area contributed by atoms with Crippen molar-refractivity contribution in [3.05, 3.63) is 39.4 Å². The molecule has 2 heterocycles. The van der Waals surface area contributed by atoms with Gasteiger partial charge in [0.1, 0.15) is 11.4 Å². The number of hydrogen-bond acceptors (Lipinski definition) is 4. The van der Waals surface area contributed by atoms with Gasteiger partial charge in [0, 0.05) is 19.2 Å². The van der Waals surface area contributed by atoms with Crippen LogP contribution in [-0.2, 0) is 4.74 Å². The van der Waals surface area contributed by atoms with Crippen LogP contribution in [0.3, 0.4) is 0 Å². The molecule has 0 saturated carbocycles. The lowest BCUT2D eigenvalue weighted by molar-refractivity contribution is -0.387. The van der Waals surface area contributed by atoms with Crippen molar-refractivity contribution in [1.82, 2.24) is 4.90 Å². The van der Waals surface area contributed by atoms with Crippen molar-refractivity contribution in [3.63, 3.8) is 0 Å². The molecule has 0 spiro atoms. The van der Waals surface area contributed by atoms with Crippen LogP contribution in [0.1, 0.15) is 23.2 Å². The number of hydrogen-bond donors (Lipinski definition) is 0. The Morgan fingerprint density at radius 2 is 1.90 bits per heavy atom. The van der Waals surface area contributed by atoms with Crippen LogP contribution in [0.15, 0.2) is 12.1 Å². The number of morpholine rings is 1. The zero-order valence-electron chi connectivity index (χ0n) is 10.9. The maximum Gasteiger partial charge on any atom is 0.305 e. The smallest absolute Gasteiger partial charge is 0.305 e. The van der Waals surface area contributed by atoms with Gasteiger partial charge < -0.3 is 9.64 Å². The summed E-state index contributed by atoms with van der Waals surface area (Å²) in [7, 11) is 0. The predicted octanol–water partition coefficient (Wildman–Crippen LogP) is 1.88. The number of carbonyl (C=O) groups excluding carboxylic acids is 1. The molecule has 2 saturated heterocycles. The second kappa shape index (κ2) is 5.03. The highest BCUT2D eigenvalue weighted by Gasteiger charge is 2.38. The number of amides is 1. The highest BCUT2D eigenvalue weighted by atomic mass is 19.1. The third-order valence-electron chi connectivity index (χ3n) is 3.81. The van der Waals surface area contributed by atoms with Crippen molar-refractivity contribution in [2.75, 3.05) is 13.1 Å². The number of benzene rings is 1. The Balaban J connectivity index is 1.94. The third-order valence-corrected chi connectivity index (χ3v) is 3.81. The molecule has 3 rings (SSSR count). The number of rotatable bonds is 2. The Labute approximate surface area is 118 Å². The molecule has 1 amide bonds. The van der Waals surface area contributed by atoms with Gasteiger partial charge in [0.2, 0.25) is 5.82 Å². The van der Waals surface area contributed by atoms with Gasteiger partial charge in [-0.3, -0.25) is 14.9 Å². The van der Waals surface area contributed by atoms with Crippen molar-refractivity contribution < 1.29 is 23.2 Å². The van der Waals surface area contributed by atoms with Crippen molar-refractivity contribution >= 4 is 11.6 Å². The Morgan fingerprint density at radius 3 is 2.48 bits per heavy atom. The Kier molecular flexibility index (Phi) is 3.32. The Morgan fingerprint density at radius 1 is 1.29 bits per heavy atom. The van der Waals surface area contributed by atoms with Gasteiger partial charge in [-0.25, -0.2) is 4.39 Å². The summed E-state index contributed by atoms with van der Waals surface area (Å²) in [5, 5.41) is 10.7. The van der Waals surface area contributed by atoms with E-state index in [9.17, 15) is 23.7 Å². The molecular formula is C13H12F2N2O4. The number of nitro benzene ring substituents is 1. The minimum atomic E-state index is -1.43. The number of carbonyl (C=O) groups is 1. The molecule has 2 unspecified atom stereocenters. The minimum absolute atomic E-state index is 0.127. The average Bonchev–Trinajstić information content (AvgIpc) is 2.76. The lowest BCUT2D eigenvalue weighted by Gasteiger charge is -2.32. The van der Waals surface area contributed by atoms with Crippen LogP contribution in [0.4, 0.5) is 14.5 Å². The summed E-state index contributed by atoms with van der Waals surface area (Å²) in [5.74, 6) is -3.39. The number of fused-ring (bicyclic) bond motifs is 2. The Hall–Kier alpha value is -2.09. The molecule has 1 aromatic carbocycles. The Bertz CT molecular complexity index is 610. The van der Waals surface area contributed by atoms with Gasteiger partial charge in [0.25, 0.3) is 5.91 Å². The maximum atomic E-state index is 14.0. The summed E-state index contributed by atoms with van der Waals surface area (Å²) in [5.41, 5.74) is -1.78. The van der Waals surface area contributed by atoms with Crippen LogP contribution >= 0.6 is 0 Å². The number of nitro groups is 1. The second-order valence-corrected chi connectivity index (χ2v) is 5.18. The van der Waals surface area contributed by atoms with Crippen molar-refractivity contribution in [2.24, 2.45) is 0 Å². The molecule has 2 atom stereocenters. The minimum Gasteiger partial charge on any atom is -0.371 e. The summed E-state index contributed by atoms with van der Waals surface area (Å²) < 4.78 is 33.4. The molecule has 112 valence electrons. The molecule has 6 nitrogen and oxygen atoms in total. The quantitative estimate of drug-likeness (QED) is 0.617. The standard InChI is InChI=1S/C13H12F2N2O4/c14-9-3-4-10(17(19)20)12(15)11(9)13(18)16-5-7-1-2-8(6-16)21-7/h3-4,7-8H,1-2,5-6H2. The summed E-state index contributed by atoms with van der Waals surface area (Å²) in [4.78, 5) is 23.3. The van der Waals surface area contributed by atoms with Crippen molar-refractivity contribution in [2.45, 2.75) is 25.0 Å². The van der Waals surface area contributed by atoms with Crippen molar-refractivity contribution in [3.8, 4) is 0 Å². The van der Waals surface area contributed by atoms with Crippen molar-refractivity contribution in [1.29, 1.82) is 0 Å². The average molecular weight is 298 g/mol. The predicted molar refractivity (Wildman–Crippen MR) is 66.8 cm³/mol. The third kappa shape index (κ3) is 2.35. The van der Waals surface area contributed by atoms with E-state index in [2.05, 4.69) is 0 Å². The summed E-state index contributed by atoms with van der Waals surface area (Å²) >= 11 is 0. The molecule has 2 fully saturated rings. The maximum absolute atomic E-state index is 14.0. The topological polar surface area (TPSA) is 72.7 Å². The summed E-state index contributed by atoms with van der Waals surface area (Å²) in [6, 6.07) is 1.45. The van der Waals surface area contributed by atoms with Crippen LogP contribution in [0, 0.1) is 21.7 Å². The number of nitrogens with zero attached hydrogens (tertiary/aromatic N) is 2. The monoisotopic (exact) mass is 298 g/mol. The highest BCUT2D eigenvalue weighted by molar-refractivity contribution is 5.95. The normalized spacial score (nSPS) is 24.2. The van der Waals surface area contributed by atoms with E-state index in [0.29, 0.717) is 6.07 Å². The van der Waals surface area contributed by atoms with E-state index in [1.165, 1.54) is 4.90 Å². The lowest BCUT2D eigenvalue weighted by Crippen LogP contribution is -2.46. The van der Waals surface area contributed by atoms with E-state index in [4.69, 9.17) is 4.74 Å². The molecule has 0 aliphatic carbocycles. The molecular weight excluding hydrogens is 286 g/mol. The zero-order chi connectivity index (χ0) is 15.1. The SMILES string of the molecule is O=C(c1c(F)ccc([N+](=O)[O-])c1F)N1CC2CCC(C1)O2. The van der Waals surface area contributed by atoms with Gasteiger partial charge in [0.05, 0.1) is 17.1 Å². The molecule has 8 heteroatoms. The molecule has 2 aliphatic heterocycles. The highest BCUT2D eigenvalue weighted by Crippen LogP contribution is 2.29. The first-order valence-electron chi connectivity index (χ1n) is 6.54. The van der Waals surface area contributed by atoms with E-state index >= 15 is 0 Å². The van der Waals surface area contributed by atoms with E-state index in [1.54, 1.807) is 0 Å². The first-order valence-corrected chi connectivity index (χ1v) is 6.54. The van der Waals surface area contributed by atoms with Crippen LogP contribution in [-0.4, -0.2) is 41.0 Å². The molecule has 2 aliphatic rings. The molecule has 0 aromatic heterocycles. The second-order valence-electron chi connectivity index (χ2n) is 5.18. The molecule has 0 radical (unpaired) electrons. The zero-order valence-corrected chi connectivity index (χ0v) is 10.9. The van der Waals surface area contributed by atoms with Crippen LogP contribution in [0.2, 0.25) is 0 Å². The summed E-state index contributed by atoms with van der Waals surface area (Å²) in [6.45, 7) is 0.494. The molecule has 2 bridgehead atoms. The number of halogens is 2. The fraction of sp³-hybridized carbons (Fsp3) is 0.462. The van der Waals surface area contributed by atoms with E-state index in [0.717, 1.165) is 18.9 Å².